The summed E-state index contributed by atoms with van der Waals surface area (Å²) in [5.41, 5.74) is 3.50. The summed E-state index contributed by atoms with van der Waals surface area (Å²) in [6, 6.07) is 21.6. The highest BCUT2D eigenvalue weighted by atomic mass is 32.1. The molecule has 0 spiro atoms. The Morgan fingerprint density at radius 1 is 1.06 bits per heavy atom. The average Bonchev–Trinajstić information content (AvgIpc) is 3.29. The van der Waals surface area contributed by atoms with Crippen LogP contribution in [-0.4, -0.2) is 10.4 Å². The fourth-order valence-electron chi connectivity index (χ4n) is 3.44. The molecule has 0 fully saturated rings. The van der Waals surface area contributed by atoms with Crippen LogP contribution in [0.25, 0.3) is 22.1 Å². The van der Waals surface area contributed by atoms with Gasteiger partial charge >= 0.3 is 10.5 Å². The number of hydrogen-bond acceptors (Lipinski definition) is 5. The monoisotopic (exact) mass is 428 g/mol. The molecule has 0 radical (unpaired) electrons. The van der Waals surface area contributed by atoms with Crippen LogP contribution in [0.4, 0.5) is 0 Å². The third kappa shape index (κ3) is 3.67. The molecule has 152 valence electrons. The smallest absolute Gasteiger partial charge is 0.357 e. The van der Waals surface area contributed by atoms with E-state index in [-0.39, 0.29) is 17.7 Å². The number of aromatic amines is 1. The number of aromatic nitrogens is 2. The van der Waals surface area contributed by atoms with Gasteiger partial charge in [0.25, 0.3) is 0 Å². The number of ether oxygens (including phenoxy) is 1. The molecule has 6 nitrogen and oxygen atoms in total. The molecule has 1 N–H and O–H groups in total. The Bertz CT molecular complexity index is 1530. The van der Waals surface area contributed by atoms with E-state index >= 15 is 0 Å². The molecular weight excluding hydrogens is 412 g/mol. The van der Waals surface area contributed by atoms with Gasteiger partial charge in [-0.05, 0) is 64.4 Å². The van der Waals surface area contributed by atoms with Crippen molar-refractivity contribution in [3.63, 3.8) is 0 Å². The third-order valence-corrected chi connectivity index (χ3v) is 5.95. The number of fused-ring (bicyclic) bond motifs is 3. The first kappa shape index (κ1) is 19.0. The van der Waals surface area contributed by atoms with E-state index in [0.29, 0.717) is 10.3 Å². The first-order valence-corrected chi connectivity index (χ1v) is 10.4. The highest BCUT2D eigenvalue weighted by Crippen LogP contribution is 2.16. The van der Waals surface area contributed by atoms with Crippen molar-refractivity contribution in [2.75, 3.05) is 0 Å². The largest absolute Gasteiger partial charge is 0.545 e. The predicted octanol–water partition coefficient (Wildman–Crippen LogP) is 1.82. The minimum absolute atomic E-state index is 0.0504. The Kier molecular flexibility index (Phi) is 4.72. The molecule has 0 unspecified atom stereocenters. The number of imidazole rings is 1. The minimum Gasteiger partial charge on any atom is -0.545 e. The normalized spacial score (nSPS) is 11.9. The number of benzene rings is 3. The number of rotatable bonds is 5. The zero-order chi connectivity index (χ0) is 21.4. The van der Waals surface area contributed by atoms with E-state index in [1.807, 2.05) is 54.6 Å². The number of nitrogens with zero attached hydrogens (tertiary/aromatic N) is 1. The van der Waals surface area contributed by atoms with Gasteiger partial charge in [-0.15, -0.1) is 4.40 Å². The first-order chi connectivity index (χ1) is 15.1. The van der Waals surface area contributed by atoms with Crippen LogP contribution in [0, 0.1) is 0 Å². The highest BCUT2D eigenvalue weighted by Gasteiger charge is 2.17. The van der Waals surface area contributed by atoms with Gasteiger partial charge in [0.1, 0.15) is 16.9 Å². The molecular formula is C24H16N2O4S. The van der Waals surface area contributed by atoms with Crippen molar-refractivity contribution in [1.29, 1.82) is 0 Å². The van der Waals surface area contributed by atoms with Crippen molar-refractivity contribution < 1.29 is 19.6 Å². The average molecular weight is 428 g/mol. The summed E-state index contributed by atoms with van der Waals surface area (Å²) >= 11 is 1.41. The van der Waals surface area contributed by atoms with Crippen LogP contribution in [-0.2, 0) is 6.61 Å². The van der Waals surface area contributed by atoms with Gasteiger partial charge in [-0.25, -0.2) is 9.78 Å². The minimum atomic E-state index is -1.21. The number of carbonyl (C=O) groups is 1. The van der Waals surface area contributed by atoms with Gasteiger partial charge in [0.15, 0.2) is 11.0 Å². The second-order valence-electron chi connectivity index (χ2n) is 7.04. The van der Waals surface area contributed by atoms with Gasteiger partial charge in [-0.1, -0.05) is 42.5 Å². The molecule has 0 aliphatic rings. The maximum atomic E-state index is 12.9. The second-order valence-corrected chi connectivity index (χ2v) is 8.07. The zero-order valence-corrected chi connectivity index (χ0v) is 17.0. The number of thiazole rings is 1. The summed E-state index contributed by atoms with van der Waals surface area (Å²) in [5.74, 6) is -0.562. The Hall–Kier alpha value is -3.97. The fraction of sp³-hybridized carbons (Fsp3) is 0.0417. The molecule has 2 aromatic heterocycles. The van der Waals surface area contributed by atoms with Gasteiger partial charge < -0.3 is 14.6 Å². The maximum Gasteiger partial charge on any atom is 0.357 e. The first-order valence-electron chi connectivity index (χ1n) is 9.59. The van der Waals surface area contributed by atoms with Crippen molar-refractivity contribution in [3.05, 3.63) is 104 Å². The van der Waals surface area contributed by atoms with Crippen LogP contribution in [0.2, 0.25) is 0 Å². The lowest BCUT2D eigenvalue weighted by Gasteiger charge is -2.08. The molecule has 0 aliphatic heterocycles. The lowest BCUT2D eigenvalue weighted by molar-refractivity contribution is -0.308. The number of nitrogens with one attached hydrogen (secondary N) is 1. The van der Waals surface area contributed by atoms with Crippen LogP contribution in [0.15, 0.2) is 77.6 Å². The number of para-hydroxylation sites is 2. The quantitative estimate of drug-likeness (QED) is 0.427. The van der Waals surface area contributed by atoms with E-state index in [2.05, 4.69) is 4.98 Å². The number of H-pyrrole nitrogens is 1. The highest BCUT2D eigenvalue weighted by molar-refractivity contribution is 7.14. The summed E-state index contributed by atoms with van der Waals surface area (Å²) in [7, 11) is 0. The number of carboxylic acid groups (broad SMARTS) is 1. The third-order valence-electron chi connectivity index (χ3n) is 4.96. The summed E-state index contributed by atoms with van der Waals surface area (Å²) in [4.78, 5) is 27.9. The van der Waals surface area contributed by atoms with Gasteiger partial charge in [0.2, 0.25) is 0 Å². The fourth-order valence-corrected chi connectivity index (χ4v) is 4.46. The van der Waals surface area contributed by atoms with Crippen molar-refractivity contribution >= 4 is 39.4 Å². The van der Waals surface area contributed by atoms with E-state index < -0.39 is 5.97 Å². The molecule has 0 bridgehead atoms. The summed E-state index contributed by atoms with van der Waals surface area (Å²) in [5, 5.41) is 11.0. The Balaban J connectivity index is 1.37. The van der Waals surface area contributed by atoms with E-state index in [9.17, 15) is 14.7 Å². The summed E-state index contributed by atoms with van der Waals surface area (Å²) < 4.78 is 8.09. The van der Waals surface area contributed by atoms with Crippen LogP contribution in [0.5, 0.6) is 5.75 Å². The Morgan fingerprint density at radius 2 is 1.87 bits per heavy atom. The predicted molar refractivity (Wildman–Crippen MR) is 116 cm³/mol. The van der Waals surface area contributed by atoms with Crippen LogP contribution in [0.1, 0.15) is 21.5 Å². The van der Waals surface area contributed by atoms with E-state index in [1.54, 1.807) is 16.5 Å². The molecule has 31 heavy (non-hydrogen) atoms. The zero-order valence-electron chi connectivity index (χ0n) is 16.2. The van der Waals surface area contributed by atoms with Crippen LogP contribution < -0.4 is 24.9 Å². The Morgan fingerprint density at radius 3 is 2.68 bits per heavy atom. The van der Waals surface area contributed by atoms with Crippen molar-refractivity contribution in [2.45, 2.75) is 6.61 Å². The number of aromatic carboxylic acids is 1. The maximum absolute atomic E-state index is 12.9. The van der Waals surface area contributed by atoms with Gasteiger partial charge in [-0.2, -0.15) is 0 Å². The molecule has 0 amide bonds. The molecule has 3 aromatic carbocycles. The van der Waals surface area contributed by atoms with Crippen LogP contribution >= 0.6 is 11.3 Å². The standard InChI is InChI=1S/C24H16N2O4S/c27-22-21(31-24-25-19-6-1-2-7-20(19)26(22)24)13-15-8-10-18(11-9-15)30-14-16-4-3-5-17(12-16)23(28)29/h1-13H,14H2,(H,28,29). The van der Waals surface area contributed by atoms with Crippen LogP contribution in [0.3, 0.4) is 0 Å². The van der Waals surface area contributed by atoms with Crippen molar-refractivity contribution in [1.82, 2.24) is 4.40 Å². The number of carbonyl (C=O) groups excluding carboxylic acids is 1. The van der Waals surface area contributed by atoms with Gasteiger partial charge in [-0.3, -0.25) is 0 Å². The molecule has 0 atom stereocenters. The molecule has 0 saturated heterocycles. The molecule has 5 rings (SSSR count). The van der Waals surface area contributed by atoms with Crippen molar-refractivity contribution in [3.8, 4) is 5.75 Å². The molecule has 0 aliphatic carbocycles. The topological polar surface area (TPSA) is 85.0 Å². The second kappa shape index (κ2) is 7.70. The summed E-state index contributed by atoms with van der Waals surface area (Å²) in [6.45, 7) is 0.244. The SMILES string of the molecule is O=C([O-])c1cccc(COc2ccc(C=c3sc4[nH+]c5ccccc5n4c3=O)cc2)c1. The van der Waals surface area contributed by atoms with E-state index in [4.69, 9.17) is 4.74 Å². The van der Waals surface area contributed by atoms with E-state index in [1.165, 1.54) is 23.5 Å². The van der Waals surface area contributed by atoms with Gasteiger partial charge in [0, 0.05) is 0 Å². The van der Waals surface area contributed by atoms with E-state index in [0.717, 1.165) is 27.1 Å². The molecule has 2 heterocycles. The number of hydrogen-bond donors (Lipinski definition) is 0. The van der Waals surface area contributed by atoms with Crippen molar-refractivity contribution in [2.24, 2.45) is 0 Å². The number of carboxylic acids is 1. The molecule has 0 saturated carbocycles. The Labute approximate surface area is 180 Å². The lowest BCUT2D eigenvalue weighted by atomic mass is 10.1. The molecule has 7 heteroatoms. The molecule has 5 aromatic rings. The van der Waals surface area contributed by atoms with Gasteiger partial charge in [0.05, 0.1) is 5.97 Å². The lowest BCUT2D eigenvalue weighted by Crippen LogP contribution is -2.22. The summed E-state index contributed by atoms with van der Waals surface area (Å²) in [6.07, 6.45) is 1.86.